The van der Waals surface area contributed by atoms with E-state index in [1.54, 1.807) is 85.7 Å². The van der Waals surface area contributed by atoms with Crippen molar-refractivity contribution in [3.63, 3.8) is 0 Å². The quantitative estimate of drug-likeness (QED) is 0.0143. The molecule has 15 amide bonds. The minimum absolute atomic E-state index is 0.00504. The first-order chi connectivity index (χ1) is 59.3. The van der Waals surface area contributed by atoms with Crippen molar-refractivity contribution < 1.29 is 97.1 Å². The summed E-state index contributed by atoms with van der Waals surface area (Å²) in [6.45, 7) is 14.5. The molecule has 0 heterocycles. The zero-order chi connectivity index (χ0) is 94.6. The molecule has 0 fully saturated rings. The van der Waals surface area contributed by atoms with Gasteiger partial charge in [-0.1, -0.05) is 110 Å². The second-order valence-electron chi connectivity index (χ2n) is 32.3. The average molecular weight is 1770 g/mol. The number of hydrogen-bond acceptors (Lipinski definition) is 23. The van der Waals surface area contributed by atoms with Crippen LogP contribution < -0.4 is 114 Å². The van der Waals surface area contributed by atoms with Crippen molar-refractivity contribution in [1.29, 1.82) is 10.8 Å². The summed E-state index contributed by atoms with van der Waals surface area (Å²) >= 11 is 0. The summed E-state index contributed by atoms with van der Waals surface area (Å²) < 4.78 is 0. The molecule has 0 spiro atoms. The van der Waals surface area contributed by atoms with Crippen molar-refractivity contribution in [2.75, 3.05) is 32.7 Å². The Bertz CT molecular complexity index is 4140. The van der Waals surface area contributed by atoms with Gasteiger partial charge in [-0.15, -0.1) is 0 Å². The molecule has 0 aliphatic rings. The minimum atomic E-state index is -1.88. The number of phenols is 2. The van der Waals surface area contributed by atoms with E-state index in [0.29, 0.717) is 23.1 Å². The molecule has 3 rings (SSSR count). The number of phenolic OH excluding ortho intramolecular Hbond substituents is 2. The third-order valence-electron chi connectivity index (χ3n) is 19.7. The lowest BCUT2D eigenvalue weighted by Gasteiger charge is -2.28. The number of hydrogen-bond donors (Lipinski definition) is 27. The number of nitrogens with two attached hydrogens (primary N) is 5. The number of carboxylic acid groups (broad SMARTS) is 1. The summed E-state index contributed by atoms with van der Waals surface area (Å²) in [6.07, 6.45) is -3.43. The number of unbranched alkanes of at least 4 members (excludes halogenated alkanes) is 1. The molecule has 0 radical (unpaired) electrons. The molecule has 14 atom stereocenters. The largest absolute Gasteiger partial charge is 0.508 e. The SMILES string of the molecule is CC(C)CC(NC(=O)C(C)NC(=O)C(Cc1ccc(O)cc1)NC(=O)C(NC(=O)C(N)C(C)C)C(C)C)C(=O)NC(CCCCN)C(=O)NC(CCCNC(=N)N)C(=O)NC(CCC(N)=O)C(=O)NCC(=O)NC(CCCNC(=N)N)C(=O)NC(C(=O)NC(CC(C)C)C(=O)NC(Cc1ccc(O)cc1)C(=O)NCC(=O)NC(Cc1ccccc1)C(=O)O)C(C)O. The summed E-state index contributed by atoms with van der Waals surface area (Å²) in [5.41, 5.74) is 30.0. The van der Waals surface area contributed by atoms with Gasteiger partial charge in [0.25, 0.3) is 0 Å². The second kappa shape index (κ2) is 55.4. The van der Waals surface area contributed by atoms with E-state index in [1.165, 1.54) is 55.5 Å². The summed E-state index contributed by atoms with van der Waals surface area (Å²) in [6, 6.07) is 0.896. The predicted molar refractivity (Wildman–Crippen MR) is 464 cm³/mol. The maximum atomic E-state index is 14.7. The Morgan fingerprint density at radius 1 is 0.365 bits per heavy atom. The van der Waals surface area contributed by atoms with Crippen LogP contribution in [0.1, 0.15) is 157 Å². The molecule has 0 saturated carbocycles. The molecule has 0 aliphatic carbocycles. The highest BCUT2D eigenvalue weighted by Gasteiger charge is 2.39. The fraction of sp³-hybridized carbons (Fsp3) is 0.566. The number of guanidine groups is 2. The third kappa shape index (κ3) is 41.1. The van der Waals surface area contributed by atoms with Gasteiger partial charge in [-0.2, -0.15) is 0 Å². The zero-order valence-corrected chi connectivity index (χ0v) is 73.0. The lowest BCUT2D eigenvalue weighted by Crippen LogP contribution is -2.61. The summed E-state index contributed by atoms with van der Waals surface area (Å²) in [7, 11) is 0. The topological polar surface area (TPSA) is 724 Å². The molecular weight excluding hydrogens is 1640 g/mol. The molecule has 32 N–H and O–H groups in total. The summed E-state index contributed by atoms with van der Waals surface area (Å²) in [4.78, 5) is 222. The monoisotopic (exact) mass is 1770 g/mol. The number of carbonyl (C=O) groups is 16. The maximum Gasteiger partial charge on any atom is 0.326 e. The summed E-state index contributed by atoms with van der Waals surface area (Å²) in [5, 5.41) is 96.8. The van der Waals surface area contributed by atoms with Gasteiger partial charge >= 0.3 is 5.97 Å². The number of rotatable bonds is 57. The lowest BCUT2D eigenvalue weighted by molar-refractivity contribution is -0.141. The van der Waals surface area contributed by atoms with Crippen LogP contribution in [0.5, 0.6) is 11.5 Å². The highest BCUT2D eigenvalue weighted by atomic mass is 16.4. The normalized spacial score (nSPS) is 14.5. The Morgan fingerprint density at radius 2 is 0.722 bits per heavy atom. The van der Waals surface area contributed by atoms with E-state index >= 15 is 0 Å². The van der Waals surface area contributed by atoms with E-state index in [9.17, 15) is 97.1 Å². The first-order valence-electron chi connectivity index (χ1n) is 41.9. The van der Waals surface area contributed by atoms with Crippen LogP contribution in [0.3, 0.4) is 0 Å². The smallest absolute Gasteiger partial charge is 0.326 e. The van der Waals surface area contributed by atoms with E-state index in [1.807, 2.05) is 0 Å². The van der Waals surface area contributed by atoms with Crippen LogP contribution in [-0.2, 0) is 96.0 Å². The Morgan fingerprint density at radius 3 is 1.15 bits per heavy atom. The molecule has 0 bridgehead atoms. The third-order valence-corrected chi connectivity index (χ3v) is 19.7. The van der Waals surface area contributed by atoms with Crippen LogP contribution in [0.4, 0.5) is 0 Å². The van der Waals surface area contributed by atoms with Crippen molar-refractivity contribution in [1.82, 2.24) is 85.1 Å². The predicted octanol–water partition coefficient (Wildman–Crippen LogP) is -4.69. The van der Waals surface area contributed by atoms with Crippen LogP contribution >= 0.6 is 0 Å². The van der Waals surface area contributed by atoms with E-state index in [4.69, 9.17) is 39.5 Å². The Hall–Kier alpha value is -12.8. The fourth-order valence-corrected chi connectivity index (χ4v) is 12.6. The number of benzene rings is 3. The number of carboxylic acids is 1. The van der Waals surface area contributed by atoms with Crippen LogP contribution in [0, 0.1) is 34.5 Å². The highest BCUT2D eigenvalue weighted by Crippen LogP contribution is 2.18. The van der Waals surface area contributed by atoms with Crippen LogP contribution in [0.25, 0.3) is 0 Å². The summed E-state index contributed by atoms with van der Waals surface area (Å²) in [5.74, 6) is -17.9. The molecule has 698 valence electrons. The Kier molecular flexibility index (Phi) is 47.2. The minimum Gasteiger partial charge on any atom is -0.508 e. The molecule has 0 aromatic heterocycles. The van der Waals surface area contributed by atoms with E-state index in [-0.39, 0.29) is 120 Å². The molecule has 14 unspecified atom stereocenters. The molecule has 43 heteroatoms. The van der Waals surface area contributed by atoms with Crippen molar-refractivity contribution in [2.45, 2.75) is 244 Å². The van der Waals surface area contributed by atoms with Gasteiger partial charge in [-0.25, -0.2) is 4.79 Å². The van der Waals surface area contributed by atoms with Crippen molar-refractivity contribution in [3.05, 3.63) is 95.6 Å². The van der Waals surface area contributed by atoms with Crippen LogP contribution in [0.2, 0.25) is 0 Å². The van der Waals surface area contributed by atoms with E-state index in [2.05, 4.69) is 85.1 Å². The maximum absolute atomic E-state index is 14.7. The zero-order valence-electron chi connectivity index (χ0n) is 73.0. The number of amides is 15. The fourth-order valence-electron chi connectivity index (χ4n) is 12.6. The first-order valence-corrected chi connectivity index (χ1v) is 41.9. The Labute approximate surface area is 732 Å². The van der Waals surface area contributed by atoms with Gasteiger partial charge in [0, 0.05) is 38.8 Å². The highest BCUT2D eigenvalue weighted by molar-refractivity contribution is 6.00. The molecule has 0 aliphatic heterocycles. The number of primary amides is 1. The van der Waals surface area contributed by atoms with Crippen molar-refractivity contribution in [2.24, 2.45) is 52.3 Å². The second-order valence-corrected chi connectivity index (χ2v) is 32.3. The molecule has 43 nitrogen and oxygen atoms in total. The van der Waals surface area contributed by atoms with Crippen LogP contribution in [-0.4, -0.2) is 244 Å². The average Bonchev–Trinajstić information content (AvgIpc) is 0.856. The van der Waals surface area contributed by atoms with Crippen molar-refractivity contribution in [3.8, 4) is 11.5 Å². The number of carbonyl (C=O) groups excluding carboxylic acids is 15. The van der Waals surface area contributed by atoms with Crippen molar-refractivity contribution >= 4 is 106 Å². The number of aliphatic hydroxyl groups is 1. The van der Waals surface area contributed by atoms with E-state index < -0.39 is 223 Å². The first kappa shape index (κ1) is 107. The van der Waals surface area contributed by atoms with Crippen LogP contribution in [0.15, 0.2) is 78.9 Å². The lowest BCUT2D eigenvalue weighted by atomic mass is 9.99. The standard InChI is InChI=1S/C83H131N23O20/c1-43(2)36-58(101-69(113)47(9)95-75(119)61(39-51-25-29-53(109)30-26-51)104-79(123)67(46(7)8)105-78(122)66(86)45(5)6)76(120)99-55(20-14-15-33-84)72(116)98-56(22-17-35-92-83(89)90)73(117)100-57(31-32-63(85)110)70(114)93-41-64(111)96-54(21-16-34-91-82(87)88)74(118)106-68(48(10)107)80(124)103-59(37-44(3)4)77(121)102-60(38-50-23-27-52(108)28-24-50)71(115)94-42-65(112)97-62(81(125)126)40-49-18-12-11-13-19-49/h11-13,18-19,23-30,43-48,54-62,66-68,107-109H,14-17,20-22,31-42,84,86H2,1-10H3,(H2,85,110)(H,93,114)(H,94,115)(H,95,119)(H,96,111)(H,97,112)(H,98,116)(H,99,120)(H,100,117)(H,101,113)(H,102,121)(H,103,124)(H,104,123)(H,105,122)(H,106,118)(H,125,126)(H4,87,88,91)(H4,89,90,92). The molecule has 3 aromatic rings. The van der Waals surface area contributed by atoms with Gasteiger partial charge in [0.1, 0.15) is 84.0 Å². The van der Waals surface area contributed by atoms with Gasteiger partial charge in [-0.3, -0.25) is 82.7 Å². The molecule has 3 aromatic carbocycles. The van der Waals surface area contributed by atoms with Gasteiger partial charge in [0.05, 0.1) is 25.2 Å². The van der Waals surface area contributed by atoms with Gasteiger partial charge in [-0.05, 0) is 149 Å². The molecular formula is C83H131N23O20. The van der Waals surface area contributed by atoms with E-state index in [0.717, 1.165) is 6.92 Å². The van der Waals surface area contributed by atoms with Gasteiger partial charge in [0.2, 0.25) is 88.6 Å². The van der Waals surface area contributed by atoms with Gasteiger partial charge < -0.3 is 134 Å². The number of aromatic hydroxyl groups is 2. The number of aliphatic carboxylic acids is 1. The number of aliphatic hydroxyl groups excluding tert-OH is 1. The molecule has 0 saturated heterocycles. The Balaban J connectivity index is 1.90. The number of nitrogens with one attached hydrogen (secondary N) is 18. The van der Waals surface area contributed by atoms with Gasteiger partial charge in [0.15, 0.2) is 11.9 Å². The molecule has 126 heavy (non-hydrogen) atoms.